The predicted molar refractivity (Wildman–Crippen MR) is 97.3 cm³/mol. The van der Waals surface area contributed by atoms with E-state index in [0.29, 0.717) is 6.54 Å². The minimum Gasteiger partial charge on any atom is -0.405 e. The number of guanidine groups is 1. The van der Waals surface area contributed by atoms with Crippen LogP contribution in [0.3, 0.4) is 0 Å². The minimum atomic E-state index is -4.80. The topological polar surface area (TPSA) is 65.9 Å². The quantitative estimate of drug-likeness (QED) is 0.379. The third-order valence-electron chi connectivity index (χ3n) is 3.68. The highest BCUT2D eigenvalue weighted by molar-refractivity contribution is 5.79. The van der Waals surface area contributed by atoms with Gasteiger partial charge in [0.1, 0.15) is 11.6 Å². The van der Waals surface area contributed by atoms with E-state index in [0.717, 1.165) is 0 Å². The van der Waals surface area contributed by atoms with Crippen LogP contribution in [0.15, 0.2) is 53.5 Å². The maximum absolute atomic E-state index is 13.7. The van der Waals surface area contributed by atoms with Gasteiger partial charge in [0.15, 0.2) is 5.96 Å². The molecular formula is C19H21F4N3O2. The van der Waals surface area contributed by atoms with E-state index >= 15 is 0 Å². The van der Waals surface area contributed by atoms with Crippen molar-refractivity contribution in [1.82, 2.24) is 10.6 Å². The summed E-state index contributed by atoms with van der Waals surface area (Å²) in [4.78, 5) is 4.20. The average Bonchev–Trinajstić information content (AvgIpc) is 2.64. The molecule has 152 valence electrons. The van der Waals surface area contributed by atoms with Crippen LogP contribution < -0.4 is 15.4 Å². The minimum absolute atomic E-state index is 0.0343. The summed E-state index contributed by atoms with van der Waals surface area (Å²) in [5.74, 6) is -0.599. The van der Waals surface area contributed by atoms with Crippen LogP contribution in [-0.4, -0.2) is 30.5 Å². The number of aliphatic hydroxyl groups excluding tert-OH is 1. The number of aliphatic imine (C=N–C) groups is 1. The van der Waals surface area contributed by atoms with Crippen molar-refractivity contribution in [3.8, 4) is 5.75 Å². The Balaban J connectivity index is 2.06. The van der Waals surface area contributed by atoms with Gasteiger partial charge in [-0.05, 0) is 19.1 Å². The second kappa shape index (κ2) is 9.93. The van der Waals surface area contributed by atoms with Crippen molar-refractivity contribution in [3.63, 3.8) is 0 Å². The fraction of sp³-hybridized carbons (Fsp3) is 0.316. The molecule has 3 N–H and O–H groups in total. The molecule has 0 aromatic heterocycles. The second-order valence-electron chi connectivity index (χ2n) is 5.77. The molecule has 0 aliphatic carbocycles. The molecule has 28 heavy (non-hydrogen) atoms. The molecule has 0 spiro atoms. The summed E-state index contributed by atoms with van der Waals surface area (Å²) < 4.78 is 55.2. The Labute approximate surface area is 160 Å². The molecule has 2 aromatic carbocycles. The van der Waals surface area contributed by atoms with Crippen molar-refractivity contribution < 1.29 is 27.4 Å². The first kappa shape index (κ1) is 21.5. The number of hydrogen-bond acceptors (Lipinski definition) is 3. The molecule has 1 atom stereocenters. The number of halogens is 4. The van der Waals surface area contributed by atoms with E-state index < -0.39 is 18.3 Å². The maximum atomic E-state index is 13.7. The third kappa shape index (κ3) is 6.73. The van der Waals surface area contributed by atoms with Crippen LogP contribution in [0.5, 0.6) is 5.75 Å². The summed E-state index contributed by atoms with van der Waals surface area (Å²) in [6, 6.07) is 11.5. The second-order valence-corrected chi connectivity index (χ2v) is 5.77. The molecule has 0 fully saturated rings. The first-order valence-corrected chi connectivity index (χ1v) is 8.58. The lowest BCUT2D eigenvalue weighted by molar-refractivity contribution is -0.274. The first-order chi connectivity index (χ1) is 13.3. The Hall–Kier alpha value is -2.81. The Bertz CT molecular complexity index is 797. The van der Waals surface area contributed by atoms with Gasteiger partial charge in [0.2, 0.25) is 0 Å². The SMILES string of the molecule is CCNC(=NCc1ccccc1OC(F)(F)F)NCC(O)c1ccccc1F. The standard InChI is InChI=1S/C19H21F4N3O2/c1-2-24-18(26-12-16(27)14-8-4-5-9-15(14)20)25-11-13-7-3-6-10-17(13)28-19(21,22)23/h3-10,16,27H,2,11-12H2,1H3,(H2,24,25,26). The number of ether oxygens (including phenoxy) is 1. The highest BCUT2D eigenvalue weighted by atomic mass is 19.4. The molecule has 0 saturated heterocycles. The highest BCUT2D eigenvalue weighted by Gasteiger charge is 2.31. The zero-order valence-electron chi connectivity index (χ0n) is 15.1. The summed E-state index contributed by atoms with van der Waals surface area (Å²) in [6.45, 7) is 2.18. The number of alkyl halides is 3. The Kier molecular flexibility index (Phi) is 7.62. The van der Waals surface area contributed by atoms with Crippen LogP contribution in [0.2, 0.25) is 0 Å². The zero-order valence-corrected chi connectivity index (χ0v) is 15.1. The maximum Gasteiger partial charge on any atom is 0.573 e. The monoisotopic (exact) mass is 399 g/mol. The number of rotatable bonds is 7. The van der Waals surface area contributed by atoms with Crippen LogP contribution >= 0.6 is 0 Å². The van der Waals surface area contributed by atoms with Gasteiger partial charge in [-0.3, -0.25) is 0 Å². The summed E-state index contributed by atoms with van der Waals surface area (Å²) >= 11 is 0. The van der Waals surface area contributed by atoms with Gasteiger partial charge >= 0.3 is 6.36 Å². The average molecular weight is 399 g/mol. The van der Waals surface area contributed by atoms with E-state index in [1.54, 1.807) is 12.1 Å². The van der Waals surface area contributed by atoms with Gasteiger partial charge in [0.05, 0.1) is 12.6 Å². The van der Waals surface area contributed by atoms with Gasteiger partial charge < -0.3 is 20.5 Å². The number of benzene rings is 2. The lowest BCUT2D eigenvalue weighted by Gasteiger charge is -2.16. The zero-order chi connectivity index (χ0) is 20.6. The van der Waals surface area contributed by atoms with Gasteiger partial charge in [-0.15, -0.1) is 13.2 Å². The summed E-state index contributed by atoms with van der Waals surface area (Å²) in [5, 5.41) is 15.9. The van der Waals surface area contributed by atoms with Crippen molar-refractivity contribution in [2.75, 3.05) is 13.1 Å². The fourth-order valence-electron chi connectivity index (χ4n) is 2.41. The van der Waals surface area contributed by atoms with Gasteiger partial charge in [-0.1, -0.05) is 36.4 Å². The first-order valence-electron chi connectivity index (χ1n) is 8.58. The Morgan fingerprint density at radius 1 is 1.11 bits per heavy atom. The number of hydrogen-bond donors (Lipinski definition) is 3. The van der Waals surface area contributed by atoms with Gasteiger partial charge in [-0.2, -0.15) is 0 Å². The molecule has 2 rings (SSSR count). The number of aliphatic hydroxyl groups is 1. The van der Waals surface area contributed by atoms with Crippen molar-refractivity contribution in [1.29, 1.82) is 0 Å². The number of para-hydroxylation sites is 1. The van der Waals surface area contributed by atoms with Crippen molar-refractivity contribution in [2.24, 2.45) is 4.99 Å². The largest absolute Gasteiger partial charge is 0.573 e. The summed E-state index contributed by atoms with van der Waals surface area (Å²) in [6.07, 6.45) is -5.92. The molecule has 5 nitrogen and oxygen atoms in total. The molecular weight excluding hydrogens is 378 g/mol. The van der Waals surface area contributed by atoms with Crippen molar-refractivity contribution in [3.05, 3.63) is 65.5 Å². The Morgan fingerprint density at radius 2 is 1.79 bits per heavy atom. The van der Waals surface area contributed by atoms with Gasteiger partial charge in [-0.25, -0.2) is 9.38 Å². The highest BCUT2D eigenvalue weighted by Crippen LogP contribution is 2.26. The van der Waals surface area contributed by atoms with Gasteiger partial charge in [0, 0.05) is 24.2 Å². The van der Waals surface area contributed by atoms with E-state index in [9.17, 15) is 22.7 Å². The molecule has 0 saturated carbocycles. The smallest absolute Gasteiger partial charge is 0.405 e. The van der Waals surface area contributed by atoms with E-state index in [2.05, 4.69) is 20.4 Å². The lowest BCUT2D eigenvalue weighted by Crippen LogP contribution is -2.39. The van der Waals surface area contributed by atoms with E-state index in [1.807, 2.05) is 6.92 Å². The molecule has 0 heterocycles. The van der Waals surface area contributed by atoms with E-state index in [4.69, 9.17) is 0 Å². The summed E-state index contributed by atoms with van der Waals surface area (Å²) in [7, 11) is 0. The van der Waals surface area contributed by atoms with Crippen LogP contribution in [-0.2, 0) is 6.54 Å². The molecule has 0 aliphatic heterocycles. The normalized spacial score (nSPS) is 13.1. The van der Waals surface area contributed by atoms with Gasteiger partial charge in [0.25, 0.3) is 0 Å². The van der Waals surface area contributed by atoms with Crippen molar-refractivity contribution >= 4 is 5.96 Å². The van der Waals surface area contributed by atoms with Crippen LogP contribution in [0.25, 0.3) is 0 Å². The van der Waals surface area contributed by atoms with Crippen LogP contribution in [0, 0.1) is 5.82 Å². The fourth-order valence-corrected chi connectivity index (χ4v) is 2.41. The van der Waals surface area contributed by atoms with Crippen LogP contribution in [0.1, 0.15) is 24.2 Å². The third-order valence-corrected chi connectivity index (χ3v) is 3.68. The van der Waals surface area contributed by atoms with E-state index in [-0.39, 0.29) is 35.9 Å². The Morgan fingerprint density at radius 3 is 2.46 bits per heavy atom. The predicted octanol–water partition coefficient (Wildman–Crippen LogP) is 3.51. The van der Waals surface area contributed by atoms with E-state index in [1.165, 1.54) is 36.4 Å². The lowest BCUT2D eigenvalue weighted by atomic mass is 10.1. The molecule has 2 aromatic rings. The molecule has 0 amide bonds. The van der Waals surface area contributed by atoms with Crippen LogP contribution in [0.4, 0.5) is 17.6 Å². The molecule has 0 radical (unpaired) electrons. The molecule has 9 heteroatoms. The number of nitrogens with one attached hydrogen (secondary N) is 2. The summed E-state index contributed by atoms with van der Waals surface area (Å²) in [5.41, 5.74) is 0.376. The molecule has 0 aliphatic rings. The number of nitrogens with zero attached hydrogens (tertiary/aromatic N) is 1. The van der Waals surface area contributed by atoms with Crippen molar-refractivity contribution in [2.45, 2.75) is 25.9 Å². The molecule has 0 bridgehead atoms. The molecule has 1 unspecified atom stereocenters.